The Morgan fingerprint density at radius 3 is 1.73 bits per heavy atom. The first-order valence-corrected chi connectivity index (χ1v) is 8.54. The third kappa shape index (κ3) is 4.43. The van der Waals surface area contributed by atoms with Crippen molar-refractivity contribution in [1.82, 2.24) is 0 Å². The second-order valence-electron chi connectivity index (χ2n) is 6.39. The van der Waals surface area contributed by atoms with Gasteiger partial charge in [-0.2, -0.15) is 39.5 Å². The second-order valence-corrected chi connectivity index (χ2v) is 6.83. The third-order valence-corrected chi connectivity index (χ3v) is 4.57. The fraction of sp³-hybridized carbons (Fsp3) is 0.316. The average molecular weight is 463 g/mol. The van der Waals surface area contributed by atoms with Crippen LogP contribution in [-0.2, 0) is 0 Å². The molecular weight excluding hydrogens is 451 g/mol. The Balaban J connectivity index is 2.50. The Hall–Kier alpha value is -2.23. The normalized spacial score (nSPS) is 14.5. The molecule has 30 heavy (non-hydrogen) atoms. The molecule has 0 saturated heterocycles. The molecular formula is C19H12ClF9O. The molecule has 0 aliphatic rings. The number of ketones is 1. The lowest BCUT2D eigenvalue weighted by atomic mass is 9.83. The molecule has 1 unspecified atom stereocenters. The Morgan fingerprint density at radius 2 is 1.27 bits per heavy atom. The zero-order chi connectivity index (χ0) is 23.0. The molecule has 0 aliphatic carbocycles. The minimum Gasteiger partial charge on any atom is -0.293 e. The van der Waals surface area contributed by atoms with Crippen LogP contribution in [0.2, 0.25) is 5.02 Å². The number of Topliss-reactive ketones (excluding diaryl/α,β-unsaturated/α-hetero) is 1. The molecule has 0 heterocycles. The number of carbonyl (C=O) groups is 1. The van der Waals surface area contributed by atoms with Gasteiger partial charge >= 0.3 is 23.9 Å². The second kappa shape index (κ2) is 8.13. The molecule has 1 atom stereocenters. The lowest BCUT2D eigenvalue weighted by molar-refractivity contribution is -0.396. The maximum absolute atomic E-state index is 14.2. The van der Waals surface area contributed by atoms with Crippen LogP contribution in [0.3, 0.4) is 0 Å². The van der Waals surface area contributed by atoms with Gasteiger partial charge in [-0.1, -0.05) is 41.9 Å². The lowest BCUT2D eigenvalue weighted by Crippen LogP contribution is -2.61. The van der Waals surface area contributed by atoms with Gasteiger partial charge in [0.1, 0.15) is 0 Å². The first-order chi connectivity index (χ1) is 13.6. The van der Waals surface area contributed by atoms with E-state index in [-0.39, 0.29) is 16.1 Å². The highest BCUT2D eigenvalue weighted by Gasteiger charge is 2.81. The van der Waals surface area contributed by atoms with Crippen LogP contribution in [0, 0.1) is 0 Å². The molecule has 2 aromatic rings. The van der Waals surface area contributed by atoms with Gasteiger partial charge in [-0.25, -0.2) is 0 Å². The van der Waals surface area contributed by atoms with E-state index in [9.17, 15) is 44.3 Å². The molecule has 164 valence electrons. The van der Waals surface area contributed by atoms with E-state index in [1.54, 1.807) is 0 Å². The van der Waals surface area contributed by atoms with Crippen LogP contribution in [0.15, 0.2) is 54.6 Å². The smallest absolute Gasteiger partial charge is 0.293 e. The van der Waals surface area contributed by atoms with E-state index < -0.39 is 42.1 Å². The van der Waals surface area contributed by atoms with Gasteiger partial charge < -0.3 is 0 Å². The largest absolute Gasteiger partial charge is 0.460 e. The highest BCUT2D eigenvalue weighted by molar-refractivity contribution is 6.30. The first-order valence-electron chi connectivity index (χ1n) is 8.17. The van der Waals surface area contributed by atoms with E-state index in [0.717, 1.165) is 24.3 Å². The fourth-order valence-electron chi connectivity index (χ4n) is 2.65. The molecule has 0 spiro atoms. The van der Waals surface area contributed by atoms with Gasteiger partial charge in [0.2, 0.25) is 0 Å². The number of rotatable bonds is 7. The van der Waals surface area contributed by atoms with Crippen LogP contribution >= 0.6 is 11.6 Å². The predicted octanol–water partition coefficient (Wildman–Crippen LogP) is 7.16. The van der Waals surface area contributed by atoms with Gasteiger partial charge in [0.15, 0.2) is 5.78 Å². The van der Waals surface area contributed by atoms with E-state index in [2.05, 4.69) is 0 Å². The molecule has 11 heteroatoms. The lowest BCUT2D eigenvalue weighted by Gasteiger charge is -2.35. The molecule has 0 saturated carbocycles. The van der Waals surface area contributed by atoms with Crippen molar-refractivity contribution in [2.24, 2.45) is 0 Å². The van der Waals surface area contributed by atoms with Crippen LogP contribution in [0.1, 0.15) is 28.3 Å². The predicted molar refractivity (Wildman–Crippen MR) is 90.5 cm³/mol. The molecule has 0 fully saturated rings. The van der Waals surface area contributed by atoms with Crippen LogP contribution in [0.25, 0.3) is 0 Å². The van der Waals surface area contributed by atoms with Crippen molar-refractivity contribution >= 4 is 17.4 Å². The summed E-state index contributed by atoms with van der Waals surface area (Å²) < 4.78 is 119. The summed E-state index contributed by atoms with van der Waals surface area (Å²) in [6.45, 7) is 0. The summed E-state index contributed by atoms with van der Waals surface area (Å²) in [5.41, 5.74) is -0.529. The third-order valence-electron chi connectivity index (χ3n) is 4.32. The zero-order valence-corrected chi connectivity index (χ0v) is 15.4. The first kappa shape index (κ1) is 24.0. The zero-order valence-electron chi connectivity index (χ0n) is 14.7. The number of hydrogen-bond donors (Lipinski definition) is 0. The maximum Gasteiger partial charge on any atom is 0.460 e. The van der Waals surface area contributed by atoms with Crippen molar-refractivity contribution in [3.8, 4) is 0 Å². The van der Waals surface area contributed by atoms with Gasteiger partial charge in [-0.05, 0) is 29.8 Å². The average Bonchev–Trinajstić information content (AvgIpc) is 2.65. The van der Waals surface area contributed by atoms with Crippen molar-refractivity contribution < 1.29 is 44.3 Å². The molecule has 2 aromatic carbocycles. The van der Waals surface area contributed by atoms with Crippen molar-refractivity contribution in [2.75, 3.05) is 0 Å². The van der Waals surface area contributed by atoms with E-state index in [0.29, 0.717) is 0 Å². The molecule has 2 rings (SSSR count). The van der Waals surface area contributed by atoms with E-state index in [1.807, 2.05) is 0 Å². The van der Waals surface area contributed by atoms with Gasteiger partial charge in [0.25, 0.3) is 0 Å². The monoisotopic (exact) mass is 462 g/mol. The fourth-order valence-corrected chi connectivity index (χ4v) is 2.78. The van der Waals surface area contributed by atoms with E-state index in [4.69, 9.17) is 11.6 Å². The van der Waals surface area contributed by atoms with Crippen LogP contribution in [0.4, 0.5) is 39.5 Å². The molecule has 0 bridgehead atoms. The maximum atomic E-state index is 14.2. The quantitative estimate of drug-likeness (QED) is 0.315. The van der Waals surface area contributed by atoms with Crippen LogP contribution in [-0.4, -0.2) is 29.7 Å². The highest BCUT2D eigenvalue weighted by Crippen LogP contribution is 2.55. The Kier molecular flexibility index (Phi) is 6.51. The van der Waals surface area contributed by atoms with Crippen molar-refractivity contribution in [2.45, 2.75) is 36.3 Å². The minimum atomic E-state index is -7.02. The Bertz CT molecular complexity index is 877. The highest BCUT2D eigenvalue weighted by atomic mass is 35.5. The van der Waals surface area contributed by atoms with E-state index >= 15 is 0 Å². The van der Waals surface area contributed by atoms with Crippen molar-refractivity contribution in [3.05, 3.63) is 70.7 Å². The summed E-state index contributed by atoms with van der Waals surface area (Å²) in [5.74, 6) is -23.0. The van der Waals surface area contributed by atoms with Gasteiger partial charge in [0.05, 0.1) is 5.92 Å². The Morgan fingerprint density at radius 1 is 0.767 bits per heavy atom. The Labute approximate surface area is 169 Å². The summed E-state index contributed by atoms with van der Waals surface area (Å²) in [6.07, 6.45) is -9.21. The number of alkyl halides is 9. The summed E-state index contributed by atoms with van der Waals surface area (Å²) in [4.78, 5) is 12.7. The standard InChI is InChI=1S/C19H12ClF9O/c20-13-8-6-12(7-9-13)15(30)14(11-4-2-1-3-5-11)10-16(21,22)17(23,24)18(25,26)19(27,28)29/h1-9,14H,10H2. The summed E-state index contributed by atoms with van der Waals surface area (Å²) >= 11 is 5.65. The summed E-state index contributed by atoms with van der Waals surface area (Å²) in [7, 11) is 0. The molecule has 0 amide bonds. The molecule has 0 radical (unpaired) electrons. The van der Waals surface area contributed by atoms with E-state index in [1.165, 1.54) is 30.3 Å². The number of carbonyl (C=O) groups excluding carboxylic acids is 1. The van der Waals surface area contributed by atoms with Crippen LogP contribution < -0.4 is 0 Å². The number of halogens is 10. The minimum absolute atomic E-state index is 0.157. The van der Waals surface area contributed by atoms with Gasteiger partial charge in [-0.15, -0.1) is 0 Å². The number of hydrogen-bond acceptors (Lipinski definition) is 1. The summed E-state index contributed by atoms with van der Waals surface area (Å²) in [5, 5.41) is 0.157. The SMILES string of the molecule is O=C(c1ccc(Cl)cc1)C(CC(F)(F)C(F)(F)C(F)(F)C(F)(F)F)c1ccccc1. The van der Waals surface area contributed by atoms with Gasteiger partial charge in [-0.3, -0.25) is 4.79 Å². The molecule has 0 aliphatic heterocycles. The van der Waals surface area contributed by atoms with Gasteiger partial charge in [0, 0.05) is 17.0 Å². The van der Waals surface area contributed by atoms with Crippen molar-refractivity contribution in [1.29, 1.82) is 0 Å². The molecule has 0 N–H and O–H groups in total. The van der Waals surface area contributed by atoms with Crippen molar-refractivity contribution in [3.63, 3.8) is 0 Å². The summed E-state index contributed by atoms with van der Waals surface area (Å²) in [6, 6.07) is 10.7. The molecule has 0 aromatic heterocycles. The number of benzene rings is 2. The van der Waals surface area contributed by atoms with Crippen LogP contribution in [0.5, 0.6) is 0 Å². The topological polar surface area (TPSA) is 17.1 Å². The molecule has 1 nitrogen and oxygen atoms in total.